The van der Waals surface area contributed by atoms with Gasteiger partial charge in [-0.3, -0.25) is 9.47 Å². The first-order valence-electron chi connectivity index (χ1n) is 7.87. The smallest absolute Gasteiger partial charge is 0.408 e. The average Bonchev–Trinajstić information content (AvgIpc) is 2.87. The summed E-state index contributed by atoms with van der Waals surface area (Å²) in [6.07, 6.45) is 0.724. The van der Waals surface area contributed by atoms with E-state index in [0.717, 1.165) is 39.3 Å². The number of benzene rings is 1. The fourth-order valence-electron chi connectivity index (χ4n) is 2.70. The van der Waals surface area contributed by atoms with Crippen LogP contribution in [-0.2, 0) is 21.8 Å². The minimum absolute atomic E-state index is 0.0933. The second kappa shape index (κ2) is 7.06. The number of hydrogen-bond acceptors (Lipinski definition) is 6. The highest BCUT2D eigenvalue weighted by Crippen LogP contribution is 2.17. The van der Waals surface area contributed by atoms with Gasteiger partial charge in [-0.1, -0.05) is 0 Å². The second-order valence-corrected chi connectivity index (χ2v) is 7.53. The molecule has 1 aromatic carbocycles. The second-order valence-electron chi connectivity index (χ2n) is 5.76. The standard InChI is InChI=1S/C15H21N3O5S/c1-17-13-4-3-12(11-14(13)23-15(17)19)24(20,21)16-5-2-6-18-7-9-22-10-8-18/h3-4,11,16H,2,5-10H2,1H3. The molecule has 0 amide bonds. The molecule has 1 fully saturated rings. The molecule has 0 saturated carbocycles. The first kappa shape index (κ1) is 17.2. The van der Waals surface area contributed by atoms with Gasteiger partial charge in [-0.2, -0.15) is 0 Å². The Morgan fingerprint density at radius 3 is 2.75 bits per heavy atom. The molecule has 0 atom stereocenters. The van der Waals surface area contributed by atoms with Crippen LogP contribution in [0.25, 0.3) is 11.1 Å². The van der Waals surface area contributed by atoms with Crippen molar-refractivity contribution in [1.29, 1.82) is 0 Å². The molecule has 1 saturated heterocycles. The topological polar surface area (TPSA) is 93.8 Å². The van der Waals surface area contributed by atoms with Crippen LogP contribution in [0.4, 0.5) is 0 Å². The van der Waals surface area contributed by atoms with Gasteiger partial charge in [0.15, 0.2) is 5.58 Å². The highest BCUT2D eigenvalue weighted by molar-refractivity contribution is 7.89. The minimum atomic E-state index is -3.62. The molecular weight excluding hydrogens is 334 g/mol. The number of ether oxygens (including phenoxy) is 1. The molecule has 1 aromatic heterocycles. The molecule has 0 radical (unpaired) electrons. The van der Waals surface area contributed by atoms with Gasteiger partial charge in [-0.25, -0.2) is 17.9 Å². The third-order valence-electron chi connectivity index (χ3n) is 4.12. The zero-order chi connectivity index (χ0) is 17.2. The normalized spacial score (nSPS) is 16.7. The number of sulfonamides is 1. The Morgan fingerprint density at radius 1 is 1.25 bits per heavy atom. The maximum Gasteiger partial charge on any atom is 0.419 e. The SMILES string of the molecule is Cn1c(=O)oc2cc(S(=O)(=O)NCCCN3CCOCC3)ccc21. The number of morpholine rings is 1. The molecule has 2 heterocycles. The van der Waals surface area contributed by atoms with Gasteiger partial charge >= 0.3 is 5.76 Å². The largest absolute Gasteiger partial charge is 0.419 e. The number of oxazole rings is 1. The molecule has 132 valence electrons. The van der Waals surface area contributed by atoms with Crippen LogP contribution in [-0.4, -0.2) is 57.3 Å². The van der Waals surface area contributed by atoms with Gasteiger partial charge in [-0.15, -0.1) is 0 Å². The van der Waals surface area contributed by atoms with Crippen LogP contribution in [0, 0.1) is 0 Å². The summed E-state index contributed by atoms with van der Waals surface area (Å²) in [6.45, 7) is 4.42. The van der Waals surface area contributed by atoms with Gasteiger partial charge in [0.2, 0.25) is 10.0 Å². The first-order chi connectivity index (χ1) is 11.5. The van der Waals surface area contributed by atoms with Crippen molar-refractivity contribution in [2.45, 2.75) is 11.3 Å². The summed E-state index contributed by atoms with van der Waals surface area (Å²) in [4.78, 5) is 13.8. The lowest BCUT2D eigenvalue weighted by Gasteiger charge is -2.26. The van der Waals surface area contributed by atoms with Crippen molar-refractivity contribution in [1.82, 2.24) is 14.2 Å². The van der Waals surface area contributed by atoms with E-state index in [1.807, 2.05) is 0 Å². The molecular formula is C15H21N3O5S. The molecule has 0 unspecified atom stereocenters. The Morgan fingerprint density at radius 2 is 2.00 bits per heavy atom. The van der Waals surface area contributed by atoms with Crippen LogP contribution in [0.2, 0.25) is 0 Å². The summed E-state index contributed by atoms with van der Waals surface area (Å²) in [5.74, 6) is -0.516. The van der Waals surface area contributed by atoms with Gasteiger partial charge in [0, 0.05) is 32.7 Å². The van der Waals surface area contributed by atoms with Crippen LogP contribution >= 0.6 is 0 Å². The number of aromatic nitrogens is 1. The molecule has 0 aliphatic carbocycles. The molecule has 8 nitrogen and oxygen atoms in total. The molecule has 1 aliphatic heterocycles. The van der Waals surface area contributed by atoms with Crippen LogP contribution < -0.4 is 10.5 Å². The maximum atomic E-state index is 12.3. The summed E-state index contributed by atoms with van der Waals surface area (Å²) in [5, 5.41) is 0. The van der Waals surface area contributed by atoms with Crippen molar-refractivity contribution in [3.05, 3.63) is 28.7 Å². The summed E-state index contributed by atoms with van der Waals surface area (Å²) in [7, 11) is -2.05. The van der Waals surface area contributed by atoms with Gasteiger partial charge < -0.3 is 9.15 Å². The highest BCUT2D eigenvalue weighted by atomic mass is 32.2. The lowest BCUT2D eigenvalue weighted by atomic mass is 10.3. The fourth-order valence-corrected chi connectivity index (χ4v) is 3.79. The Kier molecular flexibility index (Phi) is 5.04. The van der Waals surface area contributed by atoms with Crippen LogP contribution in [0.5, 0.6) is 0 Å². The average molecular weight is 355 g/mol. The van der Waals surface area contributed by atoms with Crippen LogP contribution in [0.3, 0.4) is 0 Å². The number of rotatable bonds is 6. The van der Waals surface area contributed by atoms with Crippen molar-refractivity contribution in [2.75, 3.05) is 39.4 Å². The Hall–Kier alpha value is -1.68. The number of fused-ring (bicyclic) bond motifs is 1. The number of nitrogens with zero attached hydrogens (tertiary/aromatic N) is 2. The first-order valence-corrected chi connectivity index (χ1v) is 9.35. The zero-order valence-electron chi connectivity index (χ0n) is 13.5. The van der Waals surface area contributed by atoms with Crippen LogP contribution in [0.15, 0.2) is 32.3 Å². The monoisotopic (exact) mass is 355 g/mol. The molecule has 3 rings (SSSR count). The third kappa shape index (κ3) is 3.69. The van der Waals surface area contributed by atoms with E-state index < -0.39 is 15.8 Å². The third-order valence-corrected chi connectivity index (χ3v) is 5.58. The van der Waals surface area contributed by atoms with E-state index >= 15 is 0 Å². The van der Waals surface area contributed by atoms with Crippen LogP contribution in [0.1, 0.15) is 6.42 Å². The predicted molar refractivity (Wildman–Crippen MR) is 88.5 cm³/mol. The van der Waals surface area contributed by atoms with E-state index in [2.05, 4.69) is 9.62 Å². The number of nitrogens with one attached hydrogen (secondary N) is 1. The van der Waals surface area contributed by atoms with Gasteiger partial charge in [0.1, 0.15) is 0 Å². The molecule has 0 spiro atoms. The minimum Gasteiger partial charge on any atom is -0.408 e. The molecule has 1 N–H and O–H groups in total. The van der Waals surface area contributed by atoms with E-state index in [9.17, 15) is 13.2 Å². The zero-order valence-corrected chi connectivity index (χ0v) is 14.3. The van der Waals surface area contributed by atoms with Crippen molar-refractivity contribution < 1.29 is 17.6 Å². The van der Waals surface area contributed by atoms with E-state index in [1.54, 1.807) is 13.1 Å². The molecule has 1 aliphatic rings. The Labute approximate surface area is 140 Å². The van der Waals surface area contributed by atoms with Crippen molar-refractivity contribution in [2.24, 2.45) is 7.05 Å². The summed E-state index contributed by atoms with van der Waals surface area (Å²) in [5.41, 5.74) is 0.824. The molecule has 9 heteroatoms. The summed E-state index contributed by atoms with van der Waals surface area (Å²) < 4.78 is 38.9. The van der Waals surface area contributed by atoms with Gasteiger partial charge in [0.25, 0.3) is 0 Å². The van der Waals surface area contributed by atoms with Gasteiger partial charge in [-0.05, 0) is 25.1 Å². The summed E-state index contributed by atoms with van der Waals surface area (Å²) in [6, 6.07) is 4.42. The molecule has 0 bridgehead atoms. The molecule has 24 heavy (non-hydrogen) atoms. The quantitative estimate of drug-likeness (QED) is 0.741. The predicted octanol–water partition coefficient (Wildman–Crippen LogP) is 0.132. The Balaban J connectivity index is 1.61. The van der Waals surface area contributed by atoms with Gasteiger partial charge in [0.05, 0.1) is 23.6 Å². The van der Waals surface area contributed by atoms with Crippen molar-refractivity contribution in [3.8, 4) is 0 Å². The van der Waals surface area contributed by atoms with E-state index in [-0.39, 0.29) is 10.5 Å². The molecule has 2 aromatic rings. The Bertz CT molecular complexity index is 865. The van der Waals surface area contributed by atoms with E-state index in [4.69, 9.17) is 9.15 Å². The lowest BCUT2D eigenvalue weighted by molar-refractivity contribution is 0.0376. The number of hydrogen-bond donors (Lipinski definition) is 1. The fraction of sp³-hybridized carbons (Fsp3) is 0.533. The lowest BCUT2D eigenvalue weighted by Crippen LogP contribution is -2.38. The highest BCUT2D eigenvalue weighted by Gasteiger charge is 2.17. The van der Waals surface area contributed by atoms with E-state index in [0.29, 0.717) is 12.1 Å². The van der Waals surface area contributed by atoms with Crippen molar-refractivity contribution >= 4 is 21.1 Å². The van der Waals surface area contributed by atoms with E-state index in [1.165, 1.54) is 16.7 Å². The number of aryl methyl sites for hydroxylation is 1. The summed E-state index contributed by atoms with van der Waals surface area (Å²) >= 11 is 0. The van der Waals surface area contributed by atoms with Crippen molar-refractivity contribution in [3.63, 3.8) is 0 Å². The maximum absolute atomic E-state index is 12.3.